The van der Waals surface area contributed by atoms with E-state index in [1.165, 1.54) is 6.07 Å². The average molecular weight is 276 g/mol. The molecule has 1 unspecified atom stereocenters. The Morgan fingerprint density at radius 2 is 2.11 bits per heavy atom. The quantitative estimate of drug-likeness (QED) is 0.854. The van der Waals surface area contributed by atoms with Crippen LogP contribution in [0.5, 0.6) is 0 Å². The van der Waals surface area contributed by atoms with Crippen LogP contribution in [0.1, 0.15) is 17.5 Å². The molecule has 1 aromatic carbocycles. The zero-order valence-electron chi connectivity index (χ0n) is 10.6. The van der Waals surface area contributed by atoms with Gasteiger partial charge in [-0.25, -0.2) is 4.39 Å². The highest BCUT2D eigenvalue weighted by Crippen LogP contribution is 2.33. The molecule has 0 saturated carbocycles. The fourth-order valence-electron chi connectivity index (χ4n) is 2.40. The minimum Gasteiger partial charge on any atom is -0.316 e. The lowest BCUT2D eigenvalue weighted by Gasteiger charge is -2.19. The van der Waals surface area contributed by atoms with Crippen LogP contribution in [0, 0.1) is 5.82 Å². The van der Waals surface area contributed by atoms with Crippen molar-refractivity contribution in [2.45, 2.75) is 25.2 Å². The molecule has 1 heterocycles. The molecule has 2 nitrogen and oxygen atoms in total. The second-order valence-electron chi connectivity index (χ2n) is 4.81. The number of alkyl halides is 3. The predicted molar refractivity (Wildman–Crippen MR) is 64.1 cm³/mol. The van der Waals surface area contributed by atoms with Crippen molar-refractivity contribution >= 4 is 0 Å². The lowest BCUT2D eigenvalue weighted by atomic mass is 10.1. The van der Waals surface area contributed by atoms with E-state index in [0.29, 0.717) is 18.7 Å². The van der Waals surface area contributed by atoms with Crippen molar-refractivity contribution in [2.24, 2.45) is 0 Å². The predicted octanol–water partition coefficient (Wildman–Crippen LogP) is 2.64. The van der Waals surface area contributed by atoms with Crippen LogP contribution in [0.4, 0.5) is 17.6 Å². The summed E-state index contributed by atoms with van der Waals surface area (Å²) in [5, 5.41) is 3.11. The highest BCUT2D eigenvalue weighted by Gasteiger charge is 2.34. The fraction of sp³-hybridized carbons (Fsp3) is 0.538. The van der Waals surface area contributed by atoms with Crippen molar-refractivity contribution in [1.82, 2.24) is 10.2 Å². The minimum atomic E-state index is -4.51. The second kappa shape index (κ2) is 5.46. The lowest BCUT2D eigenvalue weighted by molar-refractivity contribution is -0.138. The van der Waals surface area contributed by atoms with Gasteiger partial charge in [-0.2, -0.15) is 13.2 Å². The van der Waals surface area contributed by atoms with Crippen LogP contribution in [0.25, 0.3) is 0 Å². The van der Waals surface area contributed by atoms with Gasteiger partial charge in [0.2, 0.25) is 0 Å². The van der Waals surface area contributed by atoms with Gasteiger partial charge < -0.3 is 5.32 Å². The molecular weight excluding hydrogens is 260 g/mol. The van der Waals surface area contributed by atoms with E-state index in [2.05, 4.69) is 5.32 Å². The topological polar surface area (TPSA) is 15.3 Å². The summed E-state index contributed by atoms with van der Waals surface area (Å²) < 4.78 is 51.5. The van der Waals surface area contributed by atoms with Crippen LogP contribution in [0.2, 0.25) is 0 Å². The summed E-state index contributed by atoms with van der Waals surface area (Å²) in [7, 11) is 1.84. The Morgan fingerprint density at radius 3 is 2.68 bits per heavy atom. The molecule has 1 aromatic rings. The van der Waals surface area contributed by atoms with Crippen LogP contribution >= 0.6 is 0 Å². The number of benzene rings is 1. The summed E-state index contributed by atoms with van der Waals surface area (Å²) in [5.41, 5.74) is -0.744. The first-order valence-electron chi connectivity index (χ1n) is 6.15. The van der Waals surface area contributed by atoms with Crippen molar-refractivity contribution in [2.75, 3.05) is 20.1 Å². The first kappa shape index (κ1) is 14.3. The highest BCUT2D eigenvalue weighted by molar-refractivity contribution is 5.30. The third-order valence-electron chi connectivity index (χ3n) is 3.45. The monoisotopic (exact) mass is 276 g/mol. The SMILES string of the molecule is CNC1CCN(Cc2ccc(F)cc2C(F)(F)F)C1. The molecule has 1 N–H and O–H groups in total. The number of hydrogen-bond acceptors (Lipinski definition) is 2. The van der Waals surface area contributed by atoms with E-state index >= 15 is 0 Å². The molecule has 0 amide bonds. The van der Waals surface area contributed by atoms with Gasteiger partial charge in [-0.05, 0) is 31.2 Å². The van der Waals surface area contributed by atoms with Gasteiger partial charge in [0.25, 0.3) is 0 Å². The maximum Gasteiger partial charge on any atom is 0.416 e. The number of nitrogens with one attached hydrogen (secondary N) is 1. The van der Waals surface area contributed by atoms with Crippen LogP contribution in [-0.4, -0.2) is 31.1 Å². The lowest BCUT2D eigenvalue weighted by Crippen LogP contribution is -2.29. The summed E-state index contributed by atoms with van der Waals surface area (Å²) in [6.07, 6.45) is -3.60. The normalized spacial score (nSPS) is 21.0. The van der Waals surface area contributed by atoms with Gasteiger partial charge in [0.05, 0.1) is 5.56 Å². The summed E-state index contributed by atoms with van der Waals surface area (Å²) in [6.45, 7) is 1.67. The number of hydrogen-bond donors (Lipinski definition) is 1. The van der Waals surface area contributed by atoms with E-state index in [-0.39, 0.29) is 12.1 Å². The van der Waals surface area contributed by atoms with E-state index in [1.54, 1.807) is 0 Å². The molecule has 1 aliphatic rings. The van der Waals surface area contributed by atoms with E-state index in [9.17, 15) is 17.6 Å². The maximum absolute atomic E-state index is 13.0. The fourth-order valence-corrected chi connectivity index (χ4v) is 2.40. The van der Waals surface area contributed by atoms with E-state index in [1.807, 2.05) is 11.9 Å². The Kier molecular flexibility index (Phi) is 4.10. The van der Waals surface area contributed by atoms with Crippen molar-refractivity contribution in [3.63, 3.8) is 0 Å². The Hall–Kier alpha value is -1.14. The van der Waals surface area contributed by atoms with Gasteiger partial charge in [-0.3, -0.25) is 4.90 Å². The zero-order chi connectivity index (χ0) is 14.0. The second-order valence-corrected chi connectivity index (χ2v) is 4.81. The first-order valence-corrected chi connectivity index (χ1v) is 6.15. The molecule has 19 heavy (non-hydrogen) atoms. The Balaban J connectivity index is 2.16. The van der Waals surface area contributed by atoms with Crippen molar-refractivity contribution in [3.05, 3.63) is 35.1 Å². The molecule has 6 heteroatoms. The van der Waals surface area contributed by atoms with Crippen LogP contribution in [0.3, 0.4) is 0 Å². The molecular formula is C13H16F4N2. The molecule has 1 fully saturated rings. The standard InChI is InChI=1S/C13H16F4N2/c1-18-11-4-5-19(8-11)7-9-2-3-10(14)6-12(9)13(15,16)17/h2-3,6,11,18H,4-5,7-8H2,1H3. The average Bonchev–Trinajstić information content (AvgIpc) is 2.78. The minimum absolute atomic E-state index is 0.130. The number of likely N-dealkylation sites (N-methyl/N-ethyl adjacent to an activating group) is 1. The molecule has 1 saturated heterocycles. The van der Waals surface area contributed by atoms with Crippen molar-refractivity contribution < 1.29 is 17.6 Å². The van der Waals surface area contributed by atoms with E-state index in [0.717, 1.165) is 19.0 Å². The number of halogens is 4. The summed E-state index contributed by atoms with van der Waals surface area (Å²) in [6, 6.07) is 3.19. The van der Waals surface area contributed by atoms with Crippen LogP contribution in [-0.2, 0) is 12.7 Å². The highest BCUT2D eigenvalue weighted by atomic mass is 19.4. The number of likely N-dealkylation sites (tertiary alicyclic amines) is 1. The molecule has 1 atom stereocenters. The summed E-state index contributed by atoms with van der Waals surface area (Å²) in [4.78, 5) is 1.95. The van der Waals surface area contributed by atoms with Gasteiger partial charge in [0.15, 0.2) is 0 Å². The van der Waals surface area contributed by atoms with Gasteiger partial charge in [0.1, 0.15) is 5.82 Å². The van der Waals surface area contributed by atoms with Crippen LogP contribution < -0.4 is 5.32 Å². The molecule has 1 aliphatic heterocycles. The van der Waals surface area contributed by atoms with Crippen molar-refractivity contribution in [3.8, 4) is 0 Å². The van der Waals surface area contributed by atoms with Crippen molar-refractivity contribution in [1.29, 1.82) is 0 Å². The molecule has 0 radical (unpaired) electrons. The molecule has 0 aromatic heterocycles. The van der Waals surface area contributed by atoms with Crippen LogP contribution in [0.15, 0.2) is 18.2 Å². The van der Waals surface area contributed by atoms with Gasteiger partial charge in [-0.15, -0.1) is 0 Å². The summed E-state index contributed by atoms with van der Waals surface area (Å²) >= 11 is 0. The molecule has 0 bridgehead atoms. The van der Waals surface area contributed by atoms with E-state index in [4.69, 9.17) is 0 Å². The molecule has 0 aliphatic carbocycles. The molecule has 2 rings (SSSR count). The molecule has 0 spiro atoms. The van der Waals surface area contributed by atoms with Gasteiger partial charge in [0, 0.05) is 25.7 Å². The first-order chi connectivity index (χ1) is 8.90. The number of rotatable bonds is 3. The summed E-state index contributed by atoms with van der Waals surface area (Å²) in [5.74, 6) is -0.856. The number of nitrogens with zero attached hydrogens (tertiary/aromatic N) is 1. The smallest absolute Gasteiger partial charge is 0.316 e. The third kappa shape index (κ3) is 3.45. The Bertz CT molecular complexity index is 445. The zero-order valence-corrected chi connectivity index (χ0v) is 10.6. The van der Waals surface area contributed by atoms with E-state index < -0.39 is 17.6 Å². The molecule has 106 valence electrons. The van der Waals surface area contributed by atoms with Gasteiger partial charge >= 0.3 is 6.18 Å². The maximum atomic E-state index is 13.0. The Morgan fingerprint density at radius 1 is 1.37 bits per heavy atom. The Labute approximate surface area is 109 Å². The largest absolute Gasteiger partial charge is 0.416 e. The van der Waals surface area contributed by atoms with Gasteiger partial charge in [-0.1, -0.05) is 6.07 Å². The third-order valence-corrected chi connectivity index (χ3v) is 3.45.